The Labute approximate surface area is 109 Å². The SMILES string of the molecule is CC.CCOC(=O)CC1(C[N+](=O)[O-])CCCCC1. The van der Waals surface area contributed by atoms with E-state index in [4.69, 9.17) is 4.74 Å². The molecule has 1 aliphatic carbocycles. The van der Waals surface area contributed by atoms with E-state index in [0.29, 0.717) is 6.61 Å². The predicted molar refractivity (Wildman–Crippen MR) is 70.0 cm³/mol. The van der Waals surface area contributed by atoms with Gasteiger partial charge in [-0.2, -0.15) is 0 Å². The molecule has 0 heterocycles. The first-order valence-corrected chi connectivity index (χ1v) is 6.85. The van der Waals surface area contributed by atoms with E-state index in [2.05, 4.69) is 0 Å². The van der Waals surface area contributed by atoms with Gasteiger partial charge >= 0.3 is 5.97 Å². The summed E-state index contributed by atoms with van der Waals surface area (Å²) in [6.45, 7) is 5.98. The fraction of sp³-hybridized carbons (Fsp3) is 0.923. The molecule has 18 heavy (non-hydrogen) atoms. The predicted octanol–water partition coefficient (Wildman–Crippen LogP) is 3.19. The number of esters is 1. The van der Waals surface area contributed by atoms with Crippen molar-refractivity contribution >= 4 is 5.97 Å². The van der Waals surface area contributed by atoms with Crippen LogP contribution in [-0.4, -0.2) is 24.0 Å². The highest BCUT2D eigenvalue weighted by Gasteiger charge is 2.39. The van der Waals surface area contributed by atoms with Gasteiger partial charge in [-0.3, -0.25) is 14.9 Å². The summed E-state index contributed by atoms with van der Waals surface area (Å²) in [5.41, 5.74) is -0.450. The smallest absolute Gasteiger partial charge is 0.306 e. The molecule has 0 aromatic carbocycles. The number of ether oxygens (including phenoxy) is 1. The lowest BCUT2D eigenvalue weighted by molar-refractivity contribution is -0.498. The molecule has 0 radical (unpaired) electrons. The summed E-state index contributed by atoms with van der Waals surface area (Å²) in [6, 6.07) is 0. The molecule has 5 nitrogen and oxygen atoms in total. The molecular formula is C13H25NO4. The zero-order valence-electron chi connectivity index (χ0n) is 11.7. The average molecular weight is 259 g/mol. The van der Waals surface area contributed by atoms with Gasteiger partial charge in [0.25, 0.3) is 0 Å². The highest BCUT2D eigenvalue weighted by Crippen LogP contribution is 2.39. The molecule has 0 N–H and O–H groups in total. The lowest BCUT2D eigenvalue weighted by Crippen LogP contribution is -2.35. The number of carbonyl (C=O) groups excluding carboxylic acids is 1. The van der Waals surface area contributed by atoms with Crippen molar-refractivity contribution in [1.29, 1.82) is 0 Å². The maximum absolute atomic E-state index is 11.5. The first-order chi connectivity index (χ1) is 8.58. The fourth-order valence-corrected chi connectivity index (χ4v) is 2.48. The number of nitrogens with zero attached hydrogens (tertiary/aromatic N) is 1. The third-order valence-corrected chi connectivity index (χ3v) is 3.20. The van der Waals surface area contributed by atoms with Gasteiger partial charge < -0.3 is 4.74 Å². The van der Waals surface area contributed by atoms with Crippen LogP contribution < -0.4 is 0 Å². The summed E-state index contributed by atoms with van der Waals surface area (Å²) >= 11 is 0. The Morgan fingerprint density at radius 3 is 2.28 bits per heavy atom. The van der Waals surface area contributed by atoms with Crippen LogP contribution in [0, 0.1) is 15.5 Å². The Morgan fingerprint density at radius 2 is 1.83 bits per heavy atom. The van der Waals surface area contributed by atoms with Crippen molar-refractivity contribution in [1.82, 2.24) is 0 Å². The average Bonchev–Trinajstić information content (AvgIpc) is 2.31. The second-order valence-corrected chi connectivity index (χ2v) is 4.53. The van der Waals surface area contributed by atoms with Crippen molar-refractivity contribution in [2.75, 3.05) is 13.2 Å². The Kier molecular flexibility index (Phi) is 8.33. The second kappa shape index (κ2) is 8.89. The highest BCUT2D eigenvalue weighted by molar-refractivity contribution is 5.70. The molecule has 0 bridgehead atoms. The van der Waals surface area contributed by atoms with Gasteiger partial charge in [0.2, 0.25) is 6.54 Å². The Bertz CT molecular complexity index is 260. The Morgan fingerprint density at radius 1 is 1.28 bits per heavy atom. The maximum atomic E-state index is 11.5. The lowest BCUT2D eigenvalue weighted by atomic mass is 9.72. The Hall–Kier alpha value is -1.13. The van der Waals surface area contributed by atoms with Crippen LogP contribution in [-0.2, 0) is 9.53 Å². The van der Waals surface area contributed by atoms with Crippen molar-refractivity contribution in [3.05, 3.63) is 10.1 Å². The van der Waals surface area contributed by atoms with Crippen LogP contribution >= 0.6 is 0 Å². The second-order valence-electron chi connectivity index (χ2n) is 4.53. The molecule has 0 amide bonds. The number of carbonyl (C=O) groups is 1. The van der Waals surface area contributed by atoms with E-state index in [1.165, 1.54) is 0 Å². The van der Waals surface area contributed by atoms with E-state index >= 15 is 0 Å². The van der Waals surface area contributed by atoms with Gasteiger partial charge in [-0.05, 0) is 19.8 Å². The molecular weight excluding hydrogens is 234 g/mol. The van der Waals surface area contributed by atoms with Crippen LogP contribution in [0.15, 0.2) is 0 Å². The van der Waals surface area contributed by atoms with Crippen LogP contribution in [0.25, 0.3) is 0 Å². The molecule has 1 saturated carbocycles. The first kappa shape index (κ1) is 16.9. The molecule has 106 valence electrons. The van der Waals surface area contributed by atoms with Gasteiger partial charge in [-0.1, -0.05) is 33.1 Å². The van der Waals surface area contributed by atoms with Crippen molar-refractivity contribution < 1.29 is 14.5 Å². The molecule has 0 unspecified atom stereocenters. The van der Waals surface area contributed by atoms with Crippen molar-refractivity contribution in [3.8, 4) is 0 Å². The quantitative estimate of drug-likeness (QED) is 0.432. The minimum absolute atomic E-state index is 0.105. The van der Waals surface area contributed by atoms with Gasteiger partial charge in [-0.25, -0.2) is 0 Å². The zero-order chi connectivity index (χ0) is 14.0. The lowest BCUT2D eigenvalue weighted by Gasteiger charge is -2.32. The summed E-state index contributed by atoms with van der Waals surface area (Å²) in [4.78, 5) is 21.8. The zero-order valence-corrected chi connectivity index (χ0v) is 11.7. The van der Waals surface area contributed by atoms with E-state index < -0.39 is 5.41 Å². The molecule has 0 saturated heterocycles. The number of hydrogen-bond acceptors (Lipinski definition) is 4. The Balaban J connectivity index is 0.00000137. The van der Waals surface area contributed by atoms with E-state index in [1.807, 2.05) is 13.8 Å². The summed E-state index contributed by atoms with van der Waals surface area (Å²) in [5.74, 6) is -0.300. The molecule has 1 rings (SSSR count). The van der Waals surface area contributed by atoms with E-state index in [1.54, 1.807) is 6.92 Å². The van der Waals surface area contributed by atoms with Gasteiger partial charge in [0, 0.05) is 10.3 Å². The molecule has 0 spiro atoms. The molecule has 1 aliphatic rings. The molecule has 0 aromatic rings. The number of hydrogen-bond donors (Lipinski definition) is 0. The molecule has 0 aliphatic heterocycles. The van der Waals surface area contributed by atoms with Gasteiger partial charge in [-0.15, -0.1) is 0 Å². The fourth-order valence-electron chi connectivity index (χ4n) is 2.48. The number of rotatable bonds is 5. The minimum atomic E-state index is -0.450. The van der Waals surface area contributed by atoms with Crippen molar-refractivity contribution in [2.45, 2.75) is 59.3 Å². The van der Waals surface area contributed by atoms with Gasteiger partial charge in [0.05, 0.1) is 13.0 Å². The normalized spacial score (nSPS) is 17.3. The topological polar surface area (TPSA) is 69.4 Å². The maximum Gasteiger partial charge on any atom is 0.306 e. The first-order valence-electron chi connectivity index (χ1n) is 6.85. The molecule has 0 atom stereocenters. The van der Waals surface area contributed by atoms with Crippen LogP contribution in [0.3, 0.4) is 0 Å². The minimum Gasteiger partial charge on any atom is -0.466 e. The molecule has 1 fully saturated rings. The largest absolute Gasteiger partial charge is 0.466 e. The molecule has 0 aromatic heterocycles. The monoisotopic (exact) mass is 259 g/mol. The summed E-state index contributed by atoms with van der Waals surface area (Å²) < 4.78 is 4.89. The number of nitro groups is 1. The van der Waals surface area contributed by atoms with Gasteiger partial charge in [0.15, 0.2) is 0 Å². The summed E-state index contributed by atoms with van der Waals surface area (Å²) in [7, 11) is 0. The summed E-state index contributed by atoms with van der Waals surface area (Å²) in [5, 5.41) is 10.7. The standard InChI is InChI=1S/C11H19NO4.C2H6/c1-2-16-10(13)8-11(9-12(14)15)6-4-3-5-7-11;1-2/h2-9H2,1H3;1-2H3. The van der Waals surface area contributed by atoms with Crippen LogP contribution in [0.1, 0.15) is 59.3 Å². The highest BCUT2D eigenvalue weighted by atomic mass is 16.6. The van der Waals surface area contributed by atoms with Crippen molar-refractivity contribution in [2.24, 2.45) is 5.41 Å². The third kappa shape index (κ3) is 5.98. The van der Waals surface area contributed by atoms with E-state index in [0.717, 1.165) is 32.1 Å². The van der Waals surface area contributed by atoms with Crippen LogP contribution in [0.2, 0.25) is 0 Å². The van der Waals surface area contributed by atoms with E-state index in [-0.39, 0.29) is 23.9 Å². The van der Waals surface area contributed by atoms with Gasteiger partial charge in [0.1, 0.15) is 0 Å². The van der Waals surface area contributed by atoms with Crippen LogP contribution in [0.5, 0.6) is 0 Å². The molecule has 5 heteroatoms. The van der Waals surface area contributed by atoms with Crippen molar-refractivity contribution in [3.63, 3.8) is 0 Å². The van der Waals surface area contributed by atoms with Crippen LogP contribution in [0.4, 0.5) is 0 Å². The summed E-state index contributed by atoms with van der Waals surface area (Å²) in [6.07, 6.45) is 4.81. The van der Waals surface area contributed by atoms with E-state index in [9.17, 15) is 14.9 Å². The third-order valence-electron chi connectivity index (χ3n) is 3.20.